The van der Waals surface area contributed by atoms with Gasteiger partial charge in [0.25, 0.3) is 0 Å². The van der Waals surface area contributed by atoms with Gasteiger partial charge < -0.3 is 15.7 Å². The van der Waals surface area contributed by atoms with E-state index in [0.717, 1.165) is 36.4 Å². The van der Waals surface area contributed by atoms with Crippen LogP contribution in [0.2, 0.25) is 0 Å². The number of aliphatic hydroxyl groups excluding tert-OH is 1. The van der Waals surface area contributed by atoms with Crippen LogP contribution in [0.15, 0.2) is 5.38 Å². The van der Waals surface area contributed by atoms with Gasteiger partial charge >= 0.3 is 6.03 Å². The molecule has 0 aliphatic heterocycles. The van der Waals surface area contributed by atoms with Crippen molar-refractivity contribution in [2.75, 3.05) is 6.61 Å². The summed E-state index contributed by atoms with van der Waals surface area (Å²) in [4.78, 5) is 16.4. The Bertz CT molecular complexity index is 454. The Hall–Kier alpha value is -1.14. The number of rotatable bonds is 5. The molecule has 0 saturated heterocycles. The Kier molecular flexibility index (Phi) is 5.99. The van der Waals surface area contributed by atoms with Crippen LogP contribution in [0.4, 0.5) is 4.79 Å². The number of nitrogens with one attached hydrogen (secondary N) is 2. The summed E-state index contributed by atoms with van der Waals surface area (Å²) in [6.07, 6.45) is 3.89. The molecular weight excluding hydrogens is 286 g/mol. The fourth-order valence-corrected chi connectivity index (χ4v) is 3.40. The second-order valence-corrected chi connectivity index (χ2v) is 6.95. The van der Waals surface area contributed by atoms with Crippen LogP contribution in [0.5, 0.6) is 0 Å². The maximum Gasteiger partial charge on any atom is 0.315 e. The highest BCUT2D eigenvalue weighted by Crippen LogP contribution is 2.23. The largest absolute Gasteiger partial charge is 0.396 e. The van der Waals surface area contributed by atoms with Gasteiger partial charge in [0.15, 0.2) is 0 Å². The fourth-order valence-electron chi connectivity index (χ4n) is 2.57. The molecule has 3 N–H and O–H groups in total. The van der Waals surface area contributed by atoms with Crippen LogP contribution in [-0.4, -0.2) is 28.8 Å². The van der Waals surface area contributed by atoms with Gasteiger partial charge in [-0.15, -0.1) is 11.3 Å². The lowest BCUT2D eigenvalue weighted by molar-refractivity contribution is 0.174. The van der Waals surface area contributed by atoms with E-state index in [1.807, 2.05) is 5.38 Å². The van der Waals surface area contributed by atoms with E-state index in [-0.39, 0.29) is 18.7 Å². The van der Waals surface area contributed by atoms with Gasteiger partial charge in [0.1, 0.15) is 0 Å². The average molecular weight is 311 g/mol. The molecule has 6 heteroatoms. The minimum atomic E-state index is -0.124. The van der Waals surface area contributed by atoms with Gasteiger partial charge in [0.2, 0.25) is 0 Å². The Balaban J connectivity index is 1.70. The molecule has 118 valence electrons. The van der Waals surface area contributed by atoms with Gasteiger partial charge in [-0.05, 0) is 31.6 Å². The summed E-state index contributed by atoms with van der Waals surface area (Å²) in [6, 6.07) is 0.107. The molecule has 1 aliphatic carbocycles. The van der Waals surface area contributed by atoms with E-state index >= 15 is 0 Å². The first-order valence-electron chi connectivity index (χ1n) is 7.68. The highest BCUT2D eigenvalue weighted by Gasteiger charge is 2.21. The average Bonchev–Trinajstić information content (AvgIpc) is 2.95. The van der Waals surface area contributed by atoms with Gasteiger partial charge in [-0.1, -0.05) is 13.8 Å². The molecule has 1 fully saturated rings. The number of carbonyl (C=O) groups is 1. The quantitative estimate of drug-likeness (QED) is 0.782. The van der Waals surface area contributed by atoms with Crippen LogP contribution in [0.3, 0.4) is 0 Å². The van der Waals surface area contributed by atoms with Crippen LogP contribution < -0.4 is 10.6 Å². The van der Waals surface area contributed by atoms with Crippen LogP contribution >= 0.6 is 11.3 Å². The minimum absolute atomic E-state index is 0.124. The number of aliphatic hydroxyl groups is 1. The van der Waals surface area contributed by atoms with Crippen molar-refractivity contribution < 1.29 is 9.90 Å². The molecule has 21 heavy (non-hydrogen) atoms. The van der Waals surface area contributed by atoms with E-state index in [9.17, 15) is 4.79 Å². The zero-order valence-corrected chi connectivity index (χ0v) is 13.6. The molecule has 0 aromatic carbocycles. The van der Waals surface area contributed by atoms with Gasteiger partial charge in [-0.2, -0.15) is 0 Å². The predicted octanol–water partition coefficient (Wildman–Crippen LogP) is 2.62. The molecular formula is C15H25N3O2S. The molecule has 5 nitrogen and oxygen atoms in total. The smallest absolute Gasteiger partial charge is 0.315 e. The monoisotopic (exact) mass is 311 g/mol. The highest BCUT2D eigenvalue weighted by molar-refractivity contribution is 7.09. The van der Waals surface area contributed by atoms with Crippen molar-refractivity contribution >= 4 is 17.4 Å². The number of hydrogen-bond acceptors (Lipinski definition) is 4. The third-order valence-electron chi connectivity index (χ3n) is 3.93. The van der Waals surface area contributed by atoms with Crippen LogP contribution in [-0.2, 0) is 6.54 Å². The Morgan fingerprint density at radius 3 is 2.71 bits per heavy atom. The van der Waals surface area contributed by atoms with Crippen molar-refractivity contribution in [2.45, 2.75) is 58.0 Å². The number of carbonyl (C=O) groups excluding carboxylic acids is 1. The summed E-state index contributed by atoms with van der Waals surface area (Å²) in [5, 5.41) is 18.1. The second-order valence-electron chi connectivity index (χ2n) is 6.06. The molecule has 1 saturated carbocycles. The van der Waals surface area contributed by atoms with Crippen LogP contribution in [0.25, 0.3) is 0 Å². The third-order valence-corrected chi connectivity index (χ3v) is 5.13. The zero-order chi connectivity index (χ0) is 15.2. The van der Waals surface area contributed by atoms with Crippen LogP contribution in [0, 0.1) is 5.92 Å². The third kappa shape index (κ3) is 4.97. The molecule has 0 atom stereocenters. The number of thiazole rings is 1. The maximum absolute atomic E-state index is 11.9. The fraction of sp³-hybridized carbons (Fsp3) is 0.733. The first-order valence-corrected chi connectivity index (χ1v) is 8.56. The standard InChI is InChI=1S/C15H25N3O2S/c1-10(2)14-17-13(9-21-14)7-16-15(20)18-12-5-3-11(8-19)4-6-12/h9-12,19H,3-8H2,1-2H3,(H2,16,18,20). The van der Waals surface area contributed by atoms with Crippen molar-refractivity contribution in [1.82, 2.24) is 15.6 Å². The van der Waals surface area contributed by atoms with Crippen molar-refractivity contribution in [3.8, 4) is 0 Å². The molecule has 1 aliphatic rings. The number of nitrogens with zero attached hydrogens (tertiary/aromatic N) is 1. The van der Waals surface area contributed by atoms with E-state index in [2.05, 4.69) is 29.5 Å². The molecule has 0 unspecified atom stereocenters. The highest BCUT2D eigenvalue weighted by atomic mass is 32.1. The number of urea groups is 1. The summed E-state index contributed by atoms with van der Waals surface area (Å²) < 4.78 is 0. The Morgan fingerprint density at radius 1 is 1.43 bits per heavy atom. The van der Waals surface area contributed by atoms with E-state index in [1.165, 1.54) is 0 Å². The second kappa shape index (κ2) is 7.75. The Morgan fingerprint density at radius 2 is 2.14 bits per heavy atom. The Labute approximate surface area is 130 Å². The van der Waals surface area contributed by atoms with E-state index in [1.54, 1.807) is 11.3 Å². The van der Waals surface area contributed by atoms with Crippen molar-refractivity contribution in [3.63, 3.8) is 0 Å². The molecule has 0 radical (unpaired) electrons. The molecule has 1 aromatic heterocycles. The van der Waals surface area contributed by atoms with E-state index in [0.29, 0.717) is 18.4 Å². The SMILES string of the molecule is CC(C)c1nc(CNC(=O)NC2CCC(CO)CC2)cs1. The molecule has 2 rings (SSSR count). The normalized spacial score (nSPS) is 22.3. The number of hydrogen-bond donors (Lipinski definition) is 3. The first kappa shape index (κ1) is 16.2. The number of amides is 2. The van der Waals surface area contributed by atoms with Gasteiger partial charge in [-0.3, -0.25) is 0 Å². The molecule has 0 spiro atoms. The van der Waals surface area contributed by atoms with E-state index in [4.69, 9.17) is 5.11 Å². The van der Waals surface area contributed by atoms with Crippen molar-refractivity contribution in [3.05, 3.63) is 16.1 Å². The molecule has 1 aromatic rings. The maximum atomic E-state index is 11.9. The summed E-state index contributed by atoms with van der Waals surface area (Å²) in [5.74, 6) is 0.842. The van der Waals surface area contributed by atoms with Gasteiger partial charge in [0.05, 0.1) is 17.2 Å². The molecule has 2 amide bonds. The molecule has 1 heterocycles. The summed E-state index contributed by atoms with van der Waals surface area (Å²) in [7, 11) is 0. The summed E-state index contributed by atoms with van der Waals surface area (Å²) >= 11 is 1.64. The zero-order valence-electron chi connectivity index (χ0n) is 12.8. The minimum Gasteiger partial charge on any atom is -0.396 e. The number of aromatic nitrogens is 1. The summed E-state index contributed by atoms with van der Waals surface area (Å²) in [6.45, 7) is 4.97. The van der Waals surface area contributed by atoms with Crippen molar-refractivity contribution in [1.29, 1.82) is 0 Å². The first-order chi connectivity index (χ1) is 10.1. The molecule has 0 bridgehead atoms. The topological polar surface area (TPSA) is 74.2 Å². The van der Waals surface area contributed by atoms with Gasteiger partial charge in [0, 0.05) is 23.9 Å². The predicted molar refractivity (Wildman–Crippen MR) is 84.4 cm³/mol. The van der Waals surface area contributed by atoms with Crippen molar-refractivity contribution in [2.24, 2.45) is 5.92 Å². The van der Waals surface area contributed by atoms with E-state index < -0.39 is 0 Å². The lowest BCUT2D eigenvalue weighted by atomic mass is 9.87. The lowest BCUT2D eigenvalue weighted by Crippen LogP contribution is -2.43. The summed E-state index contributed by atoms with van der Waals surface area (Å²) in [5.41, 5.74) is 0.919. The van der Waals surface area contributed by atoms with Gasteiger partial charge in [-0.25, -0.2) is 9.78 Å². The van der Waals surface area contributed by atoms with Crippen LogP contribution in [0.1, 0.15) is 56.2 Å². The lowest BCUT2D eigenvalue weighted by Gasteiger charge is -2.27.